The van der Waals surface area contributed by atoms with Crippen LogP contribution in [0.4, 0.5) is 23.0 Å². The molecule has 2 unspecified atom stereocenters. The van der Waals surface area contributed by atoms with Crippen molar-refractivity contribution in [2.45, 2.75) is 25.0 Å². The highest BCUT2D eigenvalue weighted by Gasteiger charge is 2.26. The van der Waals surface area contributed by atoms with Crippen LogP contribution in [-0.2, 0) is 4.74 Å². The van der Waals surface area contributed by atoms with Crippen LogP contribution in [0.3, 0.4) is 0 Å². The first-order chi connectivity index (χ1) is 27.0. The molecule has 2 aromatic heterocycles. The van der Waals surface area contributed by atoms with E-state index >= 15 is 0 Å². The average Bonchev–Trinajstić information content (AvgIpc) is 3.10. The zero-order chi connectivity index (χ0) is 41.8. The molecule has 0 aliphatic carbocycles. The van der Waals surface area contributed by atoms with Crippen LogP contribution in [0.5, 0.6) is 23.3 Å². The van der Waals surface area contributed by atoms with Crippen LogP contribution in [-0.4, -0.2) is 46.2 Å². The zero-order valence-electron chi connectivity index (χ0n) is 28.8. The summed E-state index contributed by atoms with van der Waals surface area (Å²) >= 11 is 49.4. The van der Waals surface area contributed by atoms with Crippen LogP contribution in [0.25, 0.3) is 0 Å². The van der Waals surface area contributed by atoms with Crippen molar-refractivity contribution in [3.05, 3.63) is 121 Å². The quantitative estimate of drug-likeness (QED) is 0.0480. The fourth-order valence-electron chi connectivity index (χ4n) is 4.94. The Hall–Kier alpha value is -3.90. The molecule has 0 spiro atoms. The van der Waals surface area contributed by atoms with E-state index in [2.05, 4.69) is 9.97 Å². The van der Waals surface area contributed by atoms with Crippen LogP contribution in [0, 0.1) is 20.2 Å². The third-order valence-electron chi connectivity index (χ3n) is 7.45. The van der Waals surface area contributed by atoms with Gasteiger partial charge in [-0.15, -0.1) is 0 Å². The predicted octanol–water partition coefficient (Wildman–Crippen LogP) is 11.2. The largest absolute Gasteiger partial charge is 0.489 e. The van der Waals surface area contributed by atoms with Crippen molar-refractivity contribution < 1.29 is 33.5 Å². The SMILES string of the molecule is Nc1nc(OC(CCOCCC(Oc2ccc([N+](=O)[O-])c(N)n2)c2c(Cl)cc(OCC=C(Cl)Cl)cc2Cl)c2c(Cl)cc(OCC=C(Cl)Cl)cc2Cl)ccc1[N+](=O)[O-]. The van der Waals surface area contributed by atoms with E-state index in [9.17, 15) is 20.2 Å². The highest BCUT2D eigenvalue weighted by molar-refractivity contribution is 6.56. The number of nitrogens with zero attached hydrogens (tertiary/aromatic N) is 4. The summed E-state index contributed by atoms with van der Waals surface area (Å²) in [5.41, 5.74) is 11.4. The molecular weight excluding hydrogens is 920 g/mol. The number of aromatic nitrogens is 2. The molecule has 2 heterocycles. The monoisotopic (exact) mass is 944 g/mol. The molecule has 0 amide bonds. The summed E-state index contributed by atoms with van der Waals surface area (Å²) < 4.78 is 29.5. The van der Waals surface area contributed by atoms with Crippen molar-refractivity contribution in [1.82, 2.24) is 9.97 Å². The number of anilines is 2. The first-order valence-corrected chi connectivity index (χ1v) is 19.0. The van der Waals surface area contributed by atoms with E-state index in [0.29, 0.717) is 22.6 Å². The summed E-state index contributed by atoms with van der Waals surface area (Å²) in [6, 6.07) is 10.9. The summed E-state index contributed by atoms with van der Waals surface area (Å²) in [6.07, 6.45) is 1.22. The minimum atomic E-state index is -0.927. The second kappa shape index (κ2) is 21.7. The summed E-state index contributed by atoms with van der Waals surface area (Å²) in [6.45, 7) is 0.110. The maximum Gasteiger partial charge on any atom is 0.311 e. The molecule has 304 valence electrons. The molecule has 0 fully saturated rings. The van der Waals surface area contributed by atoms with Gasteiger partial charge in [-0.3, -0.25) is 20.2 Å². The Morgan fingerprint density at radius 2 is 1.00 bits per heavy atom. The second-order valence-corrected chi connectivity index (χ2v) is 14.9. The fourth-order valence-corrected chi connectivity index (χ4v) is 6.62. The van der Waals surface area contributed by atoms with Gasteiger partial charge in [0.15, 0.2) is 0 Å². The van der Waals surface area contributed by atoms with Crippen LogP contribution in [0.15, 0.2) is 69.7 Å². The number of rotatable bonds is 20. The standard InChI is InChI=1S/C34H28Cl8N6O9/c35-19-13-17(54-11-7-27(39)40)14-20(36)31(19)25(56-29-3-1-23(47(49)50)33(43)45-29)5-9-53-10-6-26(57-30-4-2-24(48(51)52)34(44)46-30)32-21(37)15-18(16-22(32)38)55-12-8-28(41)42/h1-4,7-8,13-16,25-26H,5-6,9-12H2,(H2,43,45)(H2,44,46). The molecule has 0 radical (unpaired) electrons. The lowest BCUT2D eigenvalue weighted by Crippen LogP contribution is -2.16. The van der Waals surface area contributed by atoms with Gasteiger partial charge < -0.3 is 35.2 Å². The summed E-state index contributed by atoms with van der Waals surface area (Å²) in [5.74, 6) is -0.253. The Kier molecular flexibility index (Phi) is 17.5. The van der Waals surface area contributed by atoms with Crippen LogP contribution in [0.2, 0.25) is 20.1 Å². The molecule has 57 heavy (non-hydrogen) atoms. The maximum atomic E-state index is 11.3. The molecule has 2 atom stereocenters. The van der Waals surface area contributed by atoms with Gasteiger partial charge in [0.2, 0.25) is 23.4 Å². The minimum absolute atomic E-state index is 0.00857. The number of hydrogen-bond acceptors (Lipinski definition) is 13. The smallest absolute Gasteiger partial charge is 0.311 e. The molecule has 0 saturated carbocycles. The van der Waals surface area contributed by atoms with E-state index in [-0.39, 0.29) is 91.7 Å². The van der Waals surface area contributed by atoms with Crippen molar-refractivity contribution >= 4 is 116 Å². The fraction of sp³-hybridized carbons (Fsp3) is 0.235. The van der Waals surface area contributed by atoms with Crippen molar-refractivity contribution in [2.75, 3.05) is 37.9 Å². The van der Waals surface area contributed by atoms with Gasteiger partial charge in [-0.25, -0.2) is 0 Å². The van der Waals surface area contributed by atoms with E-state index in [1.807, 2.05) is 0 Å². The number of hydrogen-bond donors (Lipinski definition) is 2. The molecule has 15 nitrogen and oxygen atoms in total. The second-order valence-electron chi connectivity index (χ2n) is 11.2. The van der Waals surface area contributed by atoms with E-state index in [0.717, 1.165) is 12.1 Å². The summed E-state index contributed by atoms with van der Waals surface area (Å²) in [4.78, 5) is 29.3. The molecule has 23 heteroatoms. The molecule has 4 N–H and O–H groups in total. The van der Waals surface area contributed by atoms with E-state index in [1.54, 1.807) is 0 Å². The third kappa shape index (κ3) is 13.6. The predicted molar refractivity (Wildman–Crippen MR) is 221 cm³/mol. The molecule has 2 aromatic carbocycles. The molecule has 0 saturated heterocycles. The molecule has 4 aromatic rings. The molecule has 0 aliphatic rings. The van der Waals surface area contributed by atoms with Gasteiger partial charge in [-0.2, -0.15) is 9.97 Å². The number of benzene rings is 2. The number of pyridine rings is 2. The Balaban J connectivity index is 1.57. The normalized spacial score (nSPS) is 11.9. The lowest BCUT2D eigenvalue weighted by atomic mass is 10.1. The van der Waals surface area contributed by atoms with Gasteiger partial charge in [0.25, 0.3) is 0 Å². The Morgan fingerprint density at radius 1 is 0.649 bits per heavy atom. The van der Waals surface area contributed by atoms with Gasteiger partial charge in [0, 0.05) is 48.2 Å². The molecular formula is C34H28Cl8N6O9. The zero-order valence-corrected chi connectivity index (χ0v) is 34.9. The van der Waals surface area contributed by atoms with Crippen molar-refractivity contribution in [3.63, 3.8) is 0 Å². The summed E-state index contributed by atoms with van der Waals surface area (Å²) in [7, 11) is 0. The lowest BCUT2D eigenvalue weighted by Gasteiger charge is -2.23. The number of ether oxygens (including phenoxy) is 5. The average molecular weight is 948 g/mol. The van der Waals surface area contributed by atoms with E-state index in [1.165, 1.54) is 48.6 Å². The first-order valence-electron chi connectivity index (χ1n) is 16.0. The van der Waals surface area contributed by atoms with Gasteiger partial charge in [-0.05, 0) is 36.4 Å². The van der Waals surface area contributed by atoms with Crippen LogP contribution in [0.1, 0.15) is 36.2 Å². The van der Waals surface area contributed by atoms with Crippen LogP contribution >= 0.6 is 92.8 Å². The third-order valence-corrected chi connectivity index (χ3v) is 9.31. The van der Waals surface area contributed by atoms with Crippen molar-refractivity contribution in [1.29, 1.82) is 0 Å². The minimum Gasteiger partial charge on any atom is -0.489 e. The van der Waals surface area contributed by atoms with Crippen molar-refractivity contribution in [2.24, 2.45) is 0 Å². The van der Waals surface area contributed by atoms with Gasteiger partial charge in [0.1, 0.15) is 45.9 Å². The highest BCUT2D eigenvalue weighted by atomic mass is 35.5. The number of nitro groups is 2. The molecule has 0 aliphatic heterocycles. The Labute approximate surface area is 364 Å². The van der Waals surface area contributed by atoms with E-state index < -0.39 is 33.4 Å². The molecule has 4 rings (SSSR count). The van der Waals surface area contributed by atoms with E-state index in [4.69, 9.17) is 128 Å². The Bertz CT molecular complexity index is 1960. The van der Waals surface area contributed by atoms with Gasteiger partial charge in [0.05, 0.1) is 43.2 Å². The maximum absolute atomic E-state index is 11.3. The Morgan fingerprint density at radius 3 is 1.30 bits per heavy atom. The first kappa shape index (κ1) is 45.8. The van der Waals surface area contributed by atoms with Crippen LogP contribution < -0.4 is 30.4 Å². The summed E-state index contributed by atoms with van der Waals surface area (Å²) in [5, 5.41) is 23.2. The van der Waals surface area contributed by atoms with Crippen molar-refractivity contribution in [3.8, 4) is 23.3 Å². The lowest BCUT2D eigenvalue weighted by molar-refractivity contribution is -0.384. The highest BCUT2D eigenvalue weighted by Crippen LogP contribution is 2.40. The number of nitrogen functional groups attached to an aromatic ring is 2. The topological polar surface area (TPSA) is 210 Å². The molecule has 0 bridgehead atoms. The number of nitrogens with two attached hydrogens (primary N) is 2. The van der Waals surface area contributed by atoms with Gasteiger partial charge >= 0.3 is 11.4 Å². The number of halogens is 8. The van der Waals surface area contributed by atoms with Gasteiger partial charge in [-0.1, -0.05) is 92.8 Å².